The lowest BCUT2D eigenvalue weighted by atomic mass is 10.0. The van der Waals surface area contributed by atoms with Gasteiger partial charge in [0.25, 0.3) is 0 Å². The summed E-state index contributed by atoms with van der Waals surface area (Å²) in [6, 6.07) is 85.7. The number of hydrogen-bond donors (Lipinski definition) is 0. The standard InChI is InChI=1S/C66H38N4S2/c1-3-16-39(17-4-1)67(41-34-35-61-51(36-41)43-21-8-9-32-59(43)71-61)52-27-14-29-54-62(52)47-25-11-22-44-49-38-58-50(37-57(49)69(54)64(44)47)45-23-12-26-48-63-53(28-15-30-55(63)70(58)65(45)48)68(40-18-5-2-6-19-40)56-31-13-24-46-42-20-7-10-33-60(42)72-66(46)56/h1-38H. The molecule has 11 aromatic carbocycles. The first kappa shape index (κ1) is 38.9. The number of fused-ring (bicyclic) bond motifs is 18. The molecule has 0 amide bonds. The van der Waals surface area contributed by atoms with Gasteiger partial charge in [-0.2, -0.15) is 0 Å². The van der Waals surface area contributed by atoms with Crippen molar-refractivity contribution < 1.29 is 0 Å². The average Bonchev–Trinajstić information content (AvgIpc) is 4.29. The van der Waals surface area contributed by atoms with Crippen LogP contribution < -0.4 is 9.80 Å². The SMILES string of the molecule is c1ccc(N(c2ccc3sc4ccccc4c3c2)c2cccc3c2c2cccc4c5cc6c(cc5n3c42)c2cccc3c4c(N(c5ccccc5)c5cccc7c5sc5ccccc57)cccc4n6c23)cc1. The van der Waals surface area contributed by atoms with Crippen molar-refractivity contribution in [3.63, 3.8) is 0 Å². The van der Waals surface area contributed by atoms with E-state index in [4.69, 9.17) is 0 Å². The Kier molecular flexibility index (Phi) is 7.73. The molecule has 0 aliphatic rings. The van der Waals surface area contributed by atoms with E-state index < -0.39 is 0 Å². The Labute approximate surface area is 419 Å². The van der Waals surface area contributed by atoms with Gasteiger partial charge in [0.15, 0.2) is 0 Å². The van der Waals surface area contributed by atoms with Gasteiger partial charge in [0.05, 0.1) is 54.9 Å². The Morgan fingerprint density at radius 1 is 0.264 bits per heavy atom. The van der Waals surface area contributed by atoms with Gasteiger partial charge in [-0.05, 0) is 97.1 Å². The van der Waals surface area contributed by atoms with Gasteiger partial charge in [-0.25, -0.2) is 0 Å². The van der Waals surface area contributed by atoms with Crippen LogP contribution in [0.5, 0.6) is 0 Å². The second-order valence-corrected chi connectivity index (χ2v) is 21.3. The van der Waals surface area contributed by atoms with Gasteiger partial charge in [-0.3, -0.25) is 0 Å². The summed E-state index contributed by atoms with van der Waals surface area (Å²) in [6.45, 7) is 0. The third kappa shape index (κ3) is 5.09. The highest BCUT2D eigenvalue weighted by molar-refractivity contribution is 7.26. The number of aromatic nitrogens is 2. The van der Waals surface area contributed by atoms with Crippen molar-refractivity contribution in [2.24, 2.45) is 0 Å². The van der Waals surface area contributed by atoms with Crippen molar-refractivity contribution in [1.82, 2.24) is 8.80 Å². The first-order valence-corrected chi connectivity index (χ1v) is 26.2. The molecule has 0 aliphatic carbocycles. The maximum Gasteiger partial charge on any atom is 0.0640 e. The molecule has 0 unspecified atom stereocenters. The minimum absolute atomic E-state index is 1.13. The highest BCUT2D eigenvalue weighted by Gasteiger charge is 2.28. The van der Waals surface area contributed by atoms with E-state index in [-0.39, 0.29) is 0 Å². The molecule has 0 spiro atoms. The van der Waals surface area contributed by atoms with Crippen molar-refractivity contribution in [2.75, 3.05) is 9.80 Å². The largest absolute Gasteiger partial charge is 0.310 e. The number of para-hydroxylation sites is 4. The van der Waals surface area contributed by atoms with E-state index in [0.717, 1.165) is 17.1 Å². The van der Waals surface area contributed by atoms with E-state index in [0.29, 0.717) is 0 Å². The molecule has 17 rings (SSSR count). The van der Waals surface area contributed by atoms with Crippen LogP contribution >= 0.6 is 22.7 Å². The highest BCUT2D eigenvalue weighted by atomic mass is 32.1. The lowest BCUT2D eigenvalue weighted by molar-refractivity contribution is 1.30. The number of rotatable bonds is 6. The molecule has 0 saturated carbocycles. The van der Waals surface area contributed by atoms with Gasteiger partial charge < -0.3 is 18.6 Å². The second kappa shape index (κ2) is 14.3. The molecular weight excluding hydrogens is 913 g/mol. The van der Waals surface area contributed by atoms with Gasteiger partial charge >= 0.3 is 0 Å². The molecule has 0 fully saturated rings. The molecule has 6 heteroatoms. The monoisotopic (exact) mass is 950 g/mol. The second-order valence-electron chi connectivity index (χ2n) is 19.2. The van der Waals surface area contributed by atoms with E-state index in [2.05, 4.69) is 249 Å². The summed E-state index contributed by atoms with van der Waals surface area (Å²) in [5, 5.41) is 15.3. The smallest absolute Gasteiger partial charge is 0.0640 e. The summed E-state index contributed by atoms with van der Waals surface area (Å²) < 4.78 is 10.3. The zero-order chi connectivity index (χ0) is 46.8. The van der Waals surface area contributed by atoms with Crippen molar-refractivity contribution in [3.8, 4) is 0 Å². The van der Waals surface area contributed by atoms with Crippen LogP contribution in [0.4, 0.5) is 34.1 Å². The minimum Gasteiger partial charge on any atom is -0.310 e. The summed E-state index contributed by atoms with van der Waals surface area (Å²) in [5.41, 5.74) is 14.3. The predicted octanol–water partition coefficient (Wildman–Crippen LogP) is 19.7. The summed E-state index contributed by atoms with van der Waals surface area (Å²) in [4.78, 5) is 4.96. The van der Waals surface area contributed by atoms with Crippen molar-refractivity contribution in [2.45, 2.75) is 0 Å². The van der Waals surface area contributed by atoms with Crippen LogP contribution in [0.15, 0.2) is 231 Å². The minimum atomic E-state index is 1.13. The van der Waals surface area contributed by atoms with Gasteiger partial charge in [0, 0.05) is 95.8 Å². The molecular formula is C66H38N4S2. The lowest BCUT2D eigenvalue weighted by Gasteiger charge is -2.27. The average molecular weight is 951 g/mol. The lowest BCUT2D eigenvalue weighted by Crippen LogP contribution is -2.10. The van der Waals surface area contributed by atoms with Crippen LogP contribution in [0.1, 0.15) is 0 Å². The molecule has 0 saturated heterocycles. The zero-order valence-corrected chi connectivity index (χ0v) is 40.2. The Balaban J connectivity index is 0.912. The van der Waals surface area contributed by atoms with Gasteiger partial charge in [-0.1, -0.05) is 133 Å². The Bertz CT molecular complexity index is 5060. The molecule has 17 aromatic rings. The van der Waals surface area contributed by atoms with E-state index >= 15 is 0 Å². The van der Waals surface area contributed by atoms with Crippen molar-refractivity contribution in [3.05, 3.63) is 231 Å². The molecule has 0 N–H and O–H groups in total. The third-order valence-corrected chi connectivity index (χ3v) is 17.9. The summed E-state index contributed by atoms with van der Waals surface area (Å²) in [7, 11) is 0. The van der Waals surface area contributed by atoms with E-state index in [1.807, 2.05) is 22.7 Å². The van der Waals surface area contributed by atoms with Crippen LogP contribution in [0.2, 0.25) is 0 Å². The van der Waals surface area contributed by atoms with E-state index in [1.165, 1.54) is 134 Å². The number of thiophene rings is 2. The van der Waals surface area contributed by atoms with Gasteiger partial charge in [-0.15, -0.1) is 22.7 Å². The predicted molar refractivity (Wildman–Crippen MR) is 311 cm³/mol. The molecule has 0 aliphatic heterocycles. The summed E-state index contributed by atoms with van der Waals surface area (Å²) in [6.07, 6.45) is 0. The first-order chi connectivity index (χ1) is 35.7. The molecule has 6 aromatic heterocycles. The number of benzene rings is 11. The number of hydrogen-bond acceptors (Lipinski definition) is 4. The Morgan fingerprint density at radius 2 is 0.722 bits per heavy atom. The zero-order valence-electron chi connectivity index (χ0n) is 38.5. The van der Waals surface area contributed by atoms with Crippen molar-refractivity contribution in [1.29, 1.82) is 0 Å². The Hall–Kier alpha value is -8.94. The highest BCUT2D eigenvalue weighted by Crippen LogP contribution is 2.52. The molecule has 0 radical (unpaired) electrons. The summed E-state index contributed by atoms with van der Waals surface area (Å²) in [5.74, 6) is 0. The molecule has 72 heavy (non-hydrogen) atoms. The van der Waals surface area contributed by atoms with Crippen LogP contribution in [0, 0.1) is 0 Å². The van der Waals surface area contributed by atoms with Crippen LogP contribution in [0.3, 0.4) is 0 Å². The van der Waals surface area contributed by atoms with Gasteiger partial charge in [0.2, 0.25) is 0 Å². The molecule has 4 nitrogen and oxygen atoms in total. The van der Waals surface area contributed by atoms with Crippen LogP contribution in [-0.2, 0) is 0 Å². The maximum absolute atomic E-state index is 2.55. The van der Waals surface area contributed by atoms with Gasteiger partial charge in [0.1, 0.15) is 0 Å². The van der Waals surface area contributed by atoms with Crippen LogP contribution in [-0.4, -0.2) is 8.80 Å². The molecule has 0 atom stereocenters. The number of anilines is 6. The number of nitrogens with zero attached hydrogens (tertiary/aromatic N) is 4. The normalized spacial score (nSPS) is 12.4. The van der Waals surface area contributed by atoms with E-state index in [9.17, 15) is 0 Å². The fraction of sp³-hybridized carbons (Fsp3) is 0. The fourth-order valence-corrected chi connectivity index (χ4v) is 14.9. The first-order valence-electron chi connectivity index (χ1n) is 24.6. The topological polar surface area (TPSA) is 15.3 Å². The third-order valence-electron chi connectivity index (χ3n) is 15.5. The van der Waals surface area contributed by atoms with Crippen LogP contribution in [0.25, 0.3) is 117 Å². The molecule has 6 heterocycles. The summed E-state index contributed by atoms with van der Waals surface area (Å²) >= 11 is 3.74. The fourth-order valence-electron chi connectivity index (χ4n) is 12.6. The van der Waals surface area contributed by atoms with Crippen molar-refractivity contribution >= 4 is 173 Å². The quantitative estimate of drug-likeness (QED) is 0.165. The molecule has 334 valence electrons. The Morgan fingerprint density at radius 3 is 1.36 bits per heavy atom. The van der Waals surface area contributed by atoms with E-state index in [1.54, 1.807) is 0 Å². The maximum atomic E-state index is 2.55. The molecule has 0 bridgehead atoms.